The second kappa shape index (κ2) is 36.2. The predicted molar refractivity (Wildman–Crippen MR) is 208 cm³/mol. The summed E-state index contributed by atoms with van der Waals surface area (Å²) >= 11 is 0. The van der Waals surface area contributed by atoms with Crippen molar-refractivity contribution in [1.29, 1.82) is 0 Å². The highest BCUT2D eigenvalue weighted by molar-refractivity contribution is 7.47. The van der Waals surface area contributed by atoms with Crippen LogP contribution < -0.4 is 5.73 Å². The van der Waals surface area contributed by atoms with Crippen LogP contribution in [0.5, 0.6) is 0 Å². The van der Waals surface area contributed by atoms with E-state index in [1.54, 1.807) is 0 Å². The van der Waals surface area contributed by atoms with Gasteiger partial charge in [0.2, 0.25) is 0 Å². The Morgan fingerprint density at radius 3 is 1.40 bits per heavy atom. The zero-order valence-corrected chi connectivity index (χ0v) is 33.8. The zero-order valence-electron chi connectivity index (χ0n) is 32.9. The van der Waals surface area contributed by atoms with Gasteiger partial charge in [0, 0.05) is 12.8 Å². The molecule has 0 spiro atoms. The summed E-state index contributed by atoms with van der Waals surface area (Å²) in [6, 6.07) is -1.52. The summed E-state index contributed by atoms with van der Waals surface area (Å²) in [5.74, 6) is -2.38. The number of unbranched alkanes of at least 4 members (excludes halogenated alkanes) is 23. The molecule has 0 fully saturated rings. The van der Waals surface area contributed by atoms with Crippen molar-refractivity contribution in [2.45, 2.75) is 206 Å². The Kier molecular flexibility index (Phi) is 35.0. The van der Waals surface area contributed by atoms with E-state index in [9.17, 15) is 23.8 Å². The second-order valence-electron chi connectivity index (χ2n) is 14.1. The van der Waals surface area contributed by atoms with Gasteiger partial charge >= 0.3 is 25.7 Å². The van der Waals surface area contributed by atoms with Crippen LogP contribution in [0.4, 0.5) is 0 Å². The molecule has 0 aliphatic rings. The molecule has 0 aromatic heterocycles. The molecule has 11 nitrogen and oxygen atoms in total. The number of carbonyl (C=O) groups is 3. The number of carboxylic acid groups (broad SMARTS) is 1. The summed E-state index contributed by atoms with van der Waals surface area (Å²) < 4.78 is 32.6. The Bertz CT molecular complexity index is 947. The maximum Gasteiger partial charge on any atom is 0.472 e. The van der Waals surface area contributed by atoms with Crippen LogP contribution in [-0.2, 0) is 37.5 Å². The Morgan fingerprint density at radius 1 is 0.577 bits per heavy atom. The molecule has 0 aliphatic heterocycles. The summed E-state index contributed by atoms with van der Waals surface area (Å²) in [6.45, 7) is 2.79. The molecule has 306 valence electrons. The minimum absolute atomic E-state index is 0.158. The molecule has 0 aromatic rings. The fourth-order valence-electron chi connectivity index (χ4n) is 5.71. The van der Waals surface area contributed by atoms with Crippen LogP contribution in [-0.4, -0.2) is 59.9 Å². The highest BCUT2D eigenvalue weighted by atomic mass is 31.2. The molecule has 3 unspecified atom stereocenters. The fraction of sp³-hybridized carbons (Fsp3) is 0.875. The molecule has 0 aliphatic carbocycles. The molecule has 0 radical (unpaired) electrons. The number of hydrogen-bond donors (Lipinski definition) is 3. The average Bonchev–Trinajstić information content (AvgIpc) is 3.12. The number of esters is 2. The number of ether oxygens (including phenoxy) is 2. The maximum absolute atomic E-state index is 12.6. The Balaban J connectivity index is 4.39. The van der Waals surface area contributed by atoms with Crippen molar-refractivity contribution in [3.05, 3.63) is 12.2 Å². The first-order valence-electron chi connectivity index (χ1n) is 20.7. The van der Waals surface area contributed by atoms with Gasteiger partial charge in [-0.1, -0.05) is 154 Å². The van der Waals surface area contributed by atoms with Crippen LogP contribution in [0, 0.1) is 0 Å². The van der Waals surface area contributed by atoms with Gasteiger partial charge in [0.25, 0.3) is 0 Å². The third-order valence-electron chi connectivity index (χ3n) is 9.01. The molecule has 52 heavy (non-hydrogen) atoms. The number of hydrogen-bond acceptors (Lipinski definition) is 9. The van der Waals surface area contributed by atoms with Gasteiger partial charge in [0.15, 0.2) is 6.10 Å². The normalized spacial score (nSPS) is 13.9. The first kappa shape index (κ1) is 50.2. The van der Waals surface area contributed by atoms with Crippen molar-refractivity contribution < 1.29 is 47.5 Å². The van der Waals surface area contributed by atoms with Gasteiger partial charge in [-0.05, 0) is 38.5 Å². The second-order valence-corrected chi connectivity index (χ2v) is 15.6. The van der Waals surface area contributed by atoms with E-state index in [4.69, 9.17) is 24.8 Å². The number of nitrogens with two attached hydrogens (primary N) is 1. The lowest BCUT2D eigenvalue weighted by Crippen LogP contribution is -2.34. The van der Waals surface area contributed by atoms with Crippen LogP contribution in [0.3, 0.4) is 0 Å². The van der Waals surface area contributed by atoms with Crippen LogP contribution in [0.15, 0.2) is 12.2 Å². The molecule has 4 N–H and O–H groups in total. The molecule has 0 saturated carbocycles. The molecular formula is C40H76NO10P. The standard InChI is InChI=1S/C40H76NO10P/c1-3-5-7-9-11-13-15-17-18-20-22-24-26-28-30-32-39(43)51-36(34-49-52(46,47)50-35-37(41)40(44)45)33-48-38(42)31-29-27-25-23-21-19-16-14-12-10-8-6-4-2/h15,17,36-37H,3-14,16,18-35,41H2,1-2H3,(H,44,45)(H,46,47)/b17-15-. The molecule has 0 aromatic carbocycles. The topological polar surface area (TPSA) is 172 Å². The summed E-state index contributed by atoms with van der Waals surface area (Å²) in [4.78, 5) is 45.8. The average molecular weight is 762 g/mol. The van der Waals surface area contributed by atoms with E-state index in [0.29, 0.717) is 12.8 Å². The maximum atomic E-state index is 12.6. The van der Waals surface area contributed by atoms with E-state index >= 15 is 0 Å². The van der Waals surface area contributed by atoms with Gasteiger partial charge < -0.3 is 25.2 Å². The fourth-order valence-corrected chi connectivity index (χ4v) is 6.48. The SMILES string of the molecule is CCCCCCC/C=C\CCCCCCCCC(=O)OC(COC(=O)CCCCCCCCCCCCCCC)COP(=O)(O)OCC(N)C(=O)O. The largest absolute Gasteiger partial charge is 0.480 e. The van der Waals surface area contributed by atoms with Crippen molar-refractivity contribution in [2.24, 2.45) is 5.73 Å². The third kappa shape index (κ3) is 35.3. The van der Waals surface area contributed by atoms with Crippen LogP contribution in [0.2, 0.25) is 0 Å². The van der Waals surface area contributed by atoms with Gasteiger partial charge in [-0.2, -0.15) is 0 Å². The summed E-state index contributed by atoms with van der Waals surface area (Å²) in [7, 11) is -4.71. The van der Waals surface area contributed by atoms with E-state index in [-0.39, 0.29) is 19.4 Å². The van der Waals surface area contributed by atoms with Crippen LogP contribution >= 0.6 is 7.82 Å². The summed E-state index contributed by atoms with van der Waals surface area (Å²) in [5, 5.41) is 8.87. The molecule has 0 heterocycles. The molecule has 0 bridgehead atoms. The van der Waals surface area contributed by atoms with Crippen molar-refractivity contribution >= 4 is 25.7 Å². The summed E-state index contributed by atoms with van der Waals surface area (Å²) in [5.41, 5.74) is 5.32. The monoisotopic (exact) mass is 762 g/mol. The molecular weight excluding hydrogens is 685 g/mol. The highest BCUT2D eigenvalue weighted by Gasteiger charge is 2.28. The number of phosphoric acid groups is 1. The zero-order chi connectivity index (χ0) is 38.5. The summed E-state index contributed by atoms with van der Waals surface area (Å²) in [6.07, 6.45) is 34.1. The first-order chi connectivity index (χ1) is 25.1. The minimum Gasteiger partial charge on any atom is -0.480 e. The van der Waals surface area contributed by atoms with Gasteiger partial charge in [-0.3, -0.25) is 23.4 Å². The van der Waals surface area contributed by atoms with E-state index in [1.807, 2.05) is 0 Å². The number of aliphatic carboxylic acids is 1. The van der Waals surface area contributed by atoms with Crippen molar-refractivity contribution in [2.75, 3.05) is 19.8 Å². The van der Waals surface area contributed by atoms with Gasteiger partial charge in [-0.25, -0.2) is 4.57 Å². The molecule has 0 saturated heterocycles. The quantitative estimate of drug-likeness (QED) is 0.0235. The van der Waals surface area contributed by atoms with Gasteiger partial charge in [-0.15, -0.1) is 0 Å². The molecule has 12 heteroatoms. The number of carbonyl (C=O) groups excluding carboxylic acids is 2. The number of phosphoric ester groups is 1. The molecule has 3 atom stereocenters. The van der Waals surface area contributed by atoms with Crippen molar-refractivity contribution in [3.63, 3.8) is 0 Å². The van der Waals surface area contributed by atoms with Gasteiger partial charge in [0.1, 0.15) is 12.6 Å². The Hall–Kier alpha value is -1.78. The van der Waals surface area contributed by atoms with Gasteiger partial charge in [0.05, 0.1) is 13.2 Å². The Labute approximate surface area is 316 Å². The van der Waals surface area contributed by atoms with E-state index < -0.39 is 51.1 Å². The van der Waals surface area contributed by atoms with E-state index in [1.165, 1.54) is 96.3 Å². The molecule has 0 amide bonds. The highest BCUT2D eigenvalue weighted by Crippen LogP contribution is 2.43. The lowest BCUT2D eigenvalue weighted by atomic mass is 10.0. The smallest absolute Gasteiger partial charge is 0.472 e. The first-order valence-corrected chi connectivity index (χ1v) is 22.2. The van der Waals surface area contributed by atoms with Crippen molar-refractivity contribution in [3.8, 4) is 0 Å². The van der Waals surface area contributed by atoms with Crippen molar-refractivity contribution in [1.82, 2.24) is 0 Å². The predicted octanol–water partition coefficient (Wildman–Crippen LogP) is 10.5. The lowest BCUT2D eigenvalue weighted by Gasteiger charge is -2.20. The number of allylic oxidation sites excluding steroid dienone is 2. The third-order valence-corrected chi connectivity index (χ3v) is 9.96. The van der Waals surface area contributed by atoms with E-state index in [0.717, 1.165) is 57.8 Å². The number of carboxylic acids is 1. The van der Waals surface area contributed by atoms with Crippen LogP contribution in [0.1, 0.15) is 194 Å². The molecule has 0 rings (SSSR count). The lowest BCUT2D eigenvalue weighted by molar-refractivity contribution is -0.161. The number of rotatable bonds is 39. The van der Waals surface area contributed by atoms with Crippen LogP contribution in [0.25, 0.3) is 0 Å². The van der Waals surface area contributed by atoms with E-state index in [2.05, 4.69) is 30.5 Å². The minimum atomic E-state index is -4.71. The Morgan fingerprint density at radius 2 is 0.962 bits per heavy atom.